The molecule has 1 rings (SSSR count). The molecule has 0 aliphatic carbocycles. The van der Waals surface area contributed by atoms with Gasteiger partial charge in [-0.25, -0.2) is 0 Å². The van der Waals surface area contributed by atoms with Crippen molar-refractivity contribution in [2.75, 3.05) is 12.3 Å². The molecule has 0 saturated heterocycles. The molecule has 0 unspecified atom stereocenters. The molecular formula is C16H23BrF3NO. The van der Waals surface area contributed by atoms with Crippen LogP contribution in [0.25, 0.3) is 0 Å². The SMILES string of the molecule is Nc1ccc(OCCCCCCCCCC(F)(F)F)cc1Br. The molecule has 0 fully saturated rings. The summed E-state index contributed by atoms with van der Waals surface area (Å²) in [6.07, 6.45) is 1.15. The van der Waals surface area contributed by atoms with Gasteiger partial charge in [-0.15, -0.1) is 0 Å². The molecule has 126 valence electrons. The summed E-state index contributed by atoms with van der Waals surface area (Å²) >= 11 is 3.35. The second-order valence-electron chi connectivity index (χ2n) is 5.37. The van der Waals surface area contributed by atoms with Crippen LogP contribution in [0.15, 0.2) is 22.7 Å². The molecule has 1 aromatic rings. The quantitative estimate of drug-likeness (QED) is 0.392. The van der Waals surface area contributed by atoms with E-state index in [0.717, 1.165) is 42.3 Å². The molecule has 0 saturated carbocycles. The van der Waals surface area contributed by atoms with Crippen molar-refractivity contribution >= 4 is 21.6 Å². The Kier molecular flexibility index (Phi) is 8.68. The van der Waals surface area contributed by atoms with E-state index in [2.05, 4.69) is 15.9 Å². The number of anilines is 1. The van der Waals surface area contributed by atoms with Crippen LogP contribution >= 0.6 is 15.9 Å². The van der Waals surface area contributed by atoms with E-state index < -0.39 is 12.6 Å². The highest BCUT2D eigenvalue weighted by molar-refractivity contribution is 9.10. The van der Waals surface area contributed by atoms with Crippen LogP contribution in [0.5, 0.6) is 5.75 Å². The maximum absolute atomic E-state index is 11.9. The van der Waals surface area contributed by atoms with Gasteiger partial charge in [-0.2, -0.15) is 13.2 Å². The first-order valence-corrected chi connectivity index (χ1v) is 8.42. The van der Waals surface area contributed by atoms with Crippen molar-refractivity contribution in [3.8, 4) is 5.75 Å². The highest BCUT2D eigenvalue weighted by Crippen LogP contribution is 2.25. The summed E-state index contributed by atoms with van der Waals surface area (Å²) in [5.41, 5.74) is 6.37. The van der Waals surface area contributed by atoms with E-state index in [1.54, 1.807) is 6.07 Å². The van der Waals surface area contributed by atoms with Crippen LogP contribution < -0.4 is 10.5 Å². The summed E-state index contributed by atoms with van der Waals surface area (Å²) in [7, 11) is 0. The molecule has 0 spiro atoms. The number of benzene rings is 1. The summed E-state index contributed by atoms with van der Waals surface area (Å²) in [6, 6.07) is 5.47. The maximum atomic E-state index is 11.9. The molecule has 2 nitrogen and oxygen atoms in total. The van der Waals surface area contributed by atoms with Crippen molar-refractivity contribution in [3.05, 3.63) is 22.7 Å². The Hall–Kier alpha value is -0.910. The second kappa shape index (κ2) is 9.98. The molecule has 0 aliphatic heterocycles. The average Bonchev–Trinajstić information content (AvgIpc) is 2.43. The average molecular weight is 382 g/mol. The summed E-state index contributed by atoms with van der Waals surface area (Å²) in [5.74, 6) is 0.785. The third kappa shape index (κ3) is 9.18. The molecule has 0 atom stereocenters. The van der Waals surface area contributed by atoms with E-state index in [-0.39, 0.29) is 6.42 Å². The van der Waals surface area contributed by atoms with Gasteiger partial charge in [0.1, 0.15) is 5.75 Å². The van der Waals surface area contributed by atoms with Crippen LogP contribution in [-0.2, 0) is 0 Å². The zero-order valence-electron chi connectivity index (χ0n) is 12.6. The van der Waals surface area contributed by atoms with Gasteiger partial charge in [0.05, 0.1) is 6.61 Å². The van der Waals surface area contributed by atoms with E-state index in [9.17, 15) is 13.2 Å². The van der Waals surface area contributed by atoms with E-state index in [0.29, 0.717) is 18.7 Å². The predicted octanol–water partition coefficient (Wildman–Crippen LogP) is 6.09. The number of nitrogen functional groups attached to an aromatic ring is 1. The minimum Gasteiger partial charge on any atom is -0.494 e. The lowest BCUT2D eigenvalue weighted by Gasteiger charge is -2.08. The van der Waals surface area contributed by atoms with Crippen molar-refractivity contribution in [1.29, 1.82) is 0 Å². The van der Waals surface area contributed by atoms with Crippen molar-refractivity contribution in [3.63, 3.8) is 0 Å². The summed E-state index contributed by atoms with van der Waals surface area (Å²) in [5, 5.41) is 0. The Labute approximate surface area is 138 Å². The summed E-state index contributed by atoms with van der Waals surface area (Å²) in [4.78, 5) is 0. The molecule has 0 aromatic heterocycles. The number of halogens is 4. The van der Waals surface area contributed by atoms with Gasteiger partial charge in [-0.05, 0) is 47.0 Å². The molecule has 2 N–H and O–H groups in total. The Morgan fingerprint density at radius 3 is 2.14 bits per heavy atom. The van der Waals surface area contributed by atoms with Gasteiger partial charge < -0.3 is 10.5 Å². The number of hydrogen-bond donors (Lipinski definition) is 1. The molecule has 6 heteroatoms. The largest absolute Gasteiger partial charge is 0.494 e. The third-order valence-corrected chi connectivity index (χ3v) is 4.03. The molecule has 1 aromatic carbocycles. The van der Waals surface area contributed by atoms with Crippen LogP contribution in [0.1, 0.15) is 51.4 Å². The first-order valence-electron chi connectivity index (χ1n) is 7.63. The van der Waals surface area contributed by atoms with Crippen molar-refractivity contribution < 1.29 is 17.9 Å². The molecule has 0 bridgehead atoms. The lowest BCUT2D eigenvalue weighted by Crippen LogP contribution is -2.06. The smallest absolute Gasteiger partial charge is 0.389 e. The van der Waals surface area contributed by atoms with Gasteiger partial charge >= 0.3 is 6.18 Å². The van der Waals surface area contributed by atoms with E-state index in [1.165, 1.54) is 0 Å². The Morgan fingerprint density at radius 1 is 0.955 bits per heavy atom. The molecule has 22 heavy (non-hydrogen) atoms. The third-order valence-electron chi connectivity index (χ3n) is 3.35. The highest BCUT2D eigenvalue weighted by Gasteiger charge is 2.25. The molecule has 0 amide bonds. The van der Waals surface area contributed by atoms with Crippen molar-refractivity contribution in [2.24, 2.45) is 0 Å². The van der Waals surface area contributed by atoms with Gasteiger partial charge in [0.15, 0.2) is 0 Å². The standard InChI is InChI=1S/C16H23BrF3NO/c17-14-12-13(8-9-15(14)21)22-11-7-5-3-1-2-4-6-10-16(18,19)20/h8-9,12H,1-7,10-11,21H2. The minimum absolute atomic E-state index is 0.249. The van der Waals surface area contributed by atoms with Crippen molar-refractivity contribution in [1.82, 2.24) is 0 Å². The van der Waals surface area contributed by atoms with Gasteiger partial charge in [0, 0.05) is 16.6 Å². The van der Waals surface area contributed by atoms with Crippen molar-refractivity contribution in [2.45, 2.75) is 57.5 Å². The lowest BCUT2D eigenvalue weighted by molar-refractivity contribution is -0.135. The lowest BCUT2D eigenvalue weighted by atomic mass is 10.1. The fourth-order valence-corrected chi connectivity index (χ4v) is 2.46. The Bertz CT molecular complexity index is 438. The minimum atomic E-state index is -4.01. The van der Waals surface area contributed by atoms with Gasteiger partial charge in [0.2, 0.25) is 0 Å². The molecular weight excluding hydrogens is 359 g/mol. The zero-order chi connectivity index (χ0) is 16.4. The maximum Gasteiger partial charge on any atom is 0.389 e. The summed E-state index contributed by atoms with van der Waals surface area (Å²) < 4.78 is 42.2. The van der Waals surface area contributed by atoms with Crippen LogP contribution in [-0.4, -0.2) is 12.8 Å². The molecule has 0 radical (unpaired) electrons. The number of rotatable bonds is 10. The Balaban J connectivity index is 1.94. The Morgan fingerprint density at radius 2 is 1.55 bits per heavy atom. The zero-order valence-corrected chi connectivity index (χ0v) is 14.2. The first kappa shape index (κ1) is 19.1. The first-order chi connectivity index (χ1) is 10.4. The molecule has 0 aliphatic rings. The number of nitrogens with two attached hydrogens (primary N) is 1. The number of ether oxygens (including phenoxy) is 1. The monoisotopic (exact) mass is 381 g/mol. The van der Waals surface area contributed by atoms with E-state index >= 15 is 0 Å². The normalized spacial score (nSPS) is 11.6. The van der Waals surface area contributed by atoms with Crippen LogP contribution in [0.2, 0.25) is 0 Å². The predicted molar refractivity (Wildman–Crippen MR) is 87.0 cm³/mol. The van der Waals surface area contributed by atoms with Gasteiger partial charge in [0.25, 0.3) is 0 Å². The molecule has 0 heterocycles. The van der Waals surface area contributed by atoms with Crippen LogP contribution in [0.4, 0.5) is 18.9 Å². The van der Waals surface area contributed by atoms with Gasteiger partial charge in [-0.1, -0.05) is 32.1 Å². The number of alkyl halides is 3. The topological polar surface area (TPSA) is 35.2 Å². The fraction of sp³-hybridized carbons (Fsp3) is 0.625. The number of unbranched alkanes of at least 4 members (excludes halogenated alkanes) is 6. The van der Waals surface area contributed by atoms with Crippen LogP contribution in [0.3, 0.4) is 0 Å². The van der Waals surface area contributed by atoms with E-state index in [1.807, 2.05) is 12.1 Å². The number of hydrogen-bond acceptors (Lipinski definition) is 2. The fourth-order valence-electron chi connectivity index (χ4n) is 2.10. The second-order valence-corrected chi connectivity index (χ2v) is 6.23. The highest BCUT2D eigenvalue weighted by atomic mass is 79.9. The van der Waals surface area contributed by atoms with E-state index in [4.69, 9.17) is 10.5 Å². The summed E-state index contributed by atoms with van der Waals surface area (Å²) in [6.45, 7) is 0.643. The van der Waals surface area contributed by atoms with Gasteiger partial charge in [-0.3, -0.25) is 0 Å². The van der Waals surface area contributed by atoms with Crippen LogP contribution in [0, 0.1) is 0 Å².